The lowest BCUT2D eigenvalue weighted by Gasteiger charge is -2.11. The highest BCUT2D eigenvalue weighted by Crippen LogP contribution is 2.15. The van der Waals surface area contributed by atoms with Crippen LogP contribution in [0.15, 0.2) is 0 Å². The molecule has 0 rings (SSSR count). The SMILES string of the molecule is CC(SS)C(=O)OC[C@H]([NH3+])C(=O)[O-]. The molecule has 0 fully saturated rings. The first-order valence-electron chi connectivity index (χ1n) is 3.49. The largest absolute Gasteiger partial charge is 0.544 e. The number of carbonyl (C=O) groups is 2. The molecule has 0 saturated heterocycles. The van der Waals surface area contributed by atoms with Gasteiger partial charge in [-0.1, -0.05) is 10.8 Å². The number of ether oxygens (including phenoxy) is 1. The van der Waals surface area contributed by atoms with Gasteiger partial charge in [0.1, 0.15) is 17.8 Å². The Balaban J connectivity index is 3.76. The van der Waals surface area contributed by atoms with Crippen molar-refractivity contribution in [2.45, 2.75) is 18.2 Å². The summed E-state index contributed by atoms with van der Waals surface area (Å²) in [6.07, 6.45) is 0. The minimum Gasteiger partial charge on any atom is -0.544 e. The van der Waals surface area contributed by atoms with Gasteiger partial charge in [-0.15, -0.1) is 11.7 Å². The second-order valence-electron chi connectivity index (χ2n) is 2.39. The molecule has 0 heterocycles. The number of carbonyl (C=O) groups excluding carboxylic acids is 2. The lowest BCUT2D eigenvalue weighted by molar-refractivity contribution is -0.441. The first-order chi connectivity index (χ1) is 5.99. The lowest BCUT2D eigenvalue weighted by atomic mass is 10.3. The van der Waals surface area contributed by atoms with E-state index in [9.17, 15) is 14.7 Å². The molecule has 0 radical (unpaired) electrons. The normalized spacial score (nSPS) is 14.7. The predicted octanol–water partition coefficient (Wildman–Crippen LogP) is -2.14. The van der Waals surface area contributed by atoms with Crippen molar-refractivity contribution in [2.24, 2.45) is 0 Å². The van der Waals surface area contributed by atoms with E-state index in [1.807, 2.05) is 0 Å². The van der Waals surface area contributed by atoms with E-state index in [1.165, 1.54) is 0 Å². The number of quaternary nitrogens is 1. The van der Waals surface area contributed by atoms with E-state index in [1.54, 1.807) is 6.92 Å². The Hall–Kier alpha value is -0.400. The van der Waals surface area contributed by atoms with E-state index in [0.29, 0.717) is 0 Å². The monoisotopic (exact) mass is 225 g/mol. The Kier molecular flexibility index (Phi) is 5.93. The molecule has 0 aromatic carbocycles. The number of hydrogen-bond donors (Lipinski definition) is 2. The molecule has 0 bridgehead atoms. The van der Waals surface area contributed by atoms with Crippen LogP contribution in [0.2, 0.25) is 0 Å². The standard InChI is InChI=1S/C6H11NO4S2/c1-3(13-12)6(10)11-2-4(7)5(8)9/h3-4,12H,2,7H2,1H3,(H,8,9)/t3?,4-/m0/s1. The molecule has 0 aromatic rings. The Morgan fingerprint density at radius 1 is 1.69 bits per heavy atom. The minimum atomic E-state index is -1.33. The zero-order valence-electron chi connectivity index (χ0n) is 7.06. The Morgan fingerprint density at radius 3 is 2.62 bits per heavy atom. The number of carboxylic acids is 1. The molecule has 0 aliphatic carbocycles. The smallest absolute Gasteiger partial charge is 0.319 e. The fraction of sp³-hybridized carbons (Fsp3) is 0.667. The molecule has 0 aliphatic heterocycles. The van der Waals surface area contributed by atoms with E-state index < -0.39 is 23.2 Å². The van der Waals surface area contributed by atoms with Crippen molar-refractivity contribution < 1.29 is 25.2 Å². The molecule has 7 heteroatoms. The van der Waals surface area contributed by atoms with E-state index >= 15 is 0 Å². The third-order valence-corrected chi connectivity index (χ3v) is 2.71. The van der Waals surface area contributed by atoms with Crippen LogP contribution in [-0.4, -0.2) is 29.8 Å². The maximum Gasteiger partial charge on any atom is 0.319 e. The van der Waals surface area contributed by atoms with Gasteiger partial charge >= 0.3 is 5.97 Å². The number of carboxylic acid groups (broad SMARTS) is 1. The summed E-state index contributed by atoms with van der Waals surface area (Å²) in [6.45, 7) is 1.34. The summed E-state index contributed by atoms with van der Waals surface area (Å²) in [7, 11) is 1.03. The number of esters is 1. The first kappa shape index (κ1) is 12.6. The molecule has 3 N–H and O–H groups in total. The molecular weight excluding hydrogens is 214 g/mol. The van der Waals surface area contributed by atoms with Crippen LogP contribution in [0.5, 0.6) is 0 Å². The number of hydrogen-bond acceptors (Lipinski definition) is 6. The van der Waals surface area contributed by atoms with Gasteiger partial charge in [-0.25, -0.2) is 0 Å². The lowest BCUT2D eigenvalue weighted by Crippen LogP contribution is -2.70. The highest BCUT2D eigenvalue weighted by molar-refractivity contribution is 8.69. The van der Waals surface area contributed by atoms with Crippen molar-refractivity contribution in [1.82, 2.24) is 0 Å². The quantitative estimate of drug-likeness (QED) is 0.316. The molecule has 0 aliphatic rings. The zero-order valence-corrected chi connectivity index (χ0v) is 8.77. The number of thiol groups is 1. The van der Waals surface area contributed by atoms with Gasteiger partial charge in [-0.2, -0.15) is 0 Å². The van der Waals surface area contributed by atoms with Crippen molar-refractivity contribution in [3.05, 3.63) is 0 Å². The summed E-state index contributed by atoms with van der Waals surface area (Å²) in [5, 5.41) is 9.75. The summed E-state index contributed by atoms with van der Waals surface area (Å²) >= 11 is 3.81. The van der Waals surface area contributed by atoms with Crippen molar-refractivity contribution in [1.29, 1.82) is 0 Å². The van der Waals surface area contributed by atoms with Crippen LogP contribution >= 0.6 is 22.5 Å². The number of rotatable bonds is 5. The maximum absolute atomic E-state index is 11.0. The van der Waals surface area contributed by atoms with Gasteiger partial charge in [0, 0.05) is 0 Å². The number of aliphatic carboxylic acids is 1. The second-order valence-corrected chi connectivity index (χ2v) is 3.94. The first-order valence-corrected chi connectivity index (χ1v) is 5.43. The van der Waals surface area contributed by atoms with Crippen LogP contribution < -0.4 is 10.8 Å². The summed E-state index contributed by atoms with van der Waals surface area (Å²) < 4.78 is 4.63. The zero-order chi connectivity index (χ0) is 10.4. The molecule has 5 nitrogen and oxygen atoms in total. The molecule has 13 heavy (non-hydrogen) atoms. The molecule has 76 valence electrons. The van der Waals surface area contributed by atoms with Crippen molar-refractivity contribution in [3.63, 3.8) is 0 Å². The van der Waals surface area contributed by atoms with E-state index in [4.69, 9.17) is 0 Å². The Morgan fingerprint density at radius 2 is 2.23 bits per heavy atom. The molecule has 0 saturated carbocycles. The summed E-state index contributed by atoms with van der Waals surface area (Å²) in [6, 6.07) is -1.03. The highest BCUT2D eigenvalue weighted by Gasteiger charge is 2.16. The molecule has 0 amide bonds. The van der Waals surface area contributed by atoms with Crippen LogP contribution in [0.4, 0.5) is 0 Å². The molecular formula is C6H11NO4S2. The van der Waals surface area contributed by atoms with Gasteiger partial charge in [0.25, 0.3) is 0 Å². The molecule has 0 aromatic heterocycles. The average molecular weight is 225 g/mol. The Labute approximate surface area is 84.8 Å². The molecule has 1 unspecified atom stereocenters. The summed E-state index contributed by atoms with van der Waals surface area (Å²) in [4.78, 5) is 21.1. The minimum absolute atomic E-state index is 0.264. The van der Waals surface area contributed by atoms with Crippen molar-refractivity contribution >= 4 is 34.4 Å². The molecule has 2 atom stereocenters. The van der Waals surface area contributed by atoms with Crippen LogP contribution in [0.1, 0.15) is 6.92 Å². The van der Waals surface area contributed by atoms with Crippen LogP contribution in [0, 0.1) is 0 Å². The fourth-order valence-electron chi connectivity index (χ4n) is 0.411. The van der Waals surface area contributed by atoms with Gasteiger partial charge in [0.15, 0.2) is 6.04 Å². The molecule has 0 spiro atoms. The maximum atomic E-state index is 11.0. The van der Waals surface area contributed by atoms with Crippen LogP contribution in [0.25, 0.3) is 0 Å². The van der Waals surface area contributed by atoms with Gasteiger partial charge < -0.3 is 20.4 Å². The van der Waals surface area contributed by atoms with Gasteiger partial charge in [-0.05, 0) is 6.92 Å². The highest BCUT2D eigenvalue weighted by atomic mass is 33.1. The predicted molar refractivity (Wildman–Crippen MR) is 48.7 cm³/mol. The van der Waals surface area contributed by atoms with Gasteiger partial charge in [0.2, 0.25) is 0 Å². The second kappa shape index (κ2) is 6.11. The average Bonchev–Trinajstić information content (AvgIpc) is 2.11. The van der Waals surface area contributed by atoms with Gasteiger partial charge in [-0.3, -0.25) is 4.79 Å². The van der Waals surface area contributed by atoms with E-state index in [-0.39, 0.29) is 6.61 Å². The van der Waals surface area contributed by atoms with Crippen molar-refractivity contribution in [2.75, 3.05) is 6.61 Å². The third-order valence-electron chi connectivity index (χ3n) is 1.25. The third kappa shape index (κ3) is 5.02. The summed E-state index contributed by atoms with van der Waals surface area (Å²) in [5.74, 6) is -1.84. The van der Waals surface area contributed by atoms with E-state index in [0.717, 1.165) is 10.8 Å². The Bertz CT molecular complexity index is 199. The van der Waals surface area contributed by atoms with Crippen LogP contribution in [-0.2, 0) is 14.3 Å². The van der Waals surface area contributed by atoms with Crippen LogP contribution in [0.3, 0.4) is 0 Å². The fourth-order valence-corrected chi connectivity index (χ4v) is 0.823. The van der Waals surface area contributed by atoms with Gasteiger partial charge in [0.05, 0.1) is 0 Å². The topological polar surface area (TPSA) is 94.1 Å². The van der Waals surface area contributed by atoms with Crippen molar-refractivity contribution in [3.8, 4) is 0 Å². The van der Waals surface area contributed by atoms with E-state index in [2.05, 4.69) is 22.1 Å². The summed E-state index contributed by atoms with van der Waals surface area (Å²) in [5.41, 5.74) is 3.23.